The number of benzene rings is 1. The molecular formula is C19H26N2O2. The number of hydrogen-bond donors (Lipinski definition) is 1. The molecule has 2 bridgehead atoms. The first kappa shape index (κ1) is 16.0. The van der Waals surface area contributed by atoms with Gasteiger partial charge in [0.1, 0.15) is 5.75 Å². The number of hydrogen-bond acceptors (Lipinski definition) is 3. The second kappa shape index (κ2) is 5.66. The summed E-state index contributed by atoms with van der Waals surface area (Å²) in [5.74, 6) is 1.19. The molecule has 4 heteroatoms. The molecule has 2 atom stereocenters. The van der Waals surface area contributed by atoms with Gasteiger partial charge >= 0.3 is 0 Å². The van der Waals surface area contributed by atoms with Crippen LogP contribution < -0.4 is 10.2 Å². The summed E-state index contributed by atoms with van der Waals surface area (Å²) in [6.07, 6.45) is 3.44. The van der Waals surface area contributed by atoms with Crippen LogP contribution in [-0.2, 0) is 4.79 Å². The first-order valence-corrected chi connectivity index (χ1v) is 8.38. The average molecular weight is 314 g/mol. The van der Waals surface area contributed by atoms with Crippen LogP contribution in [0.2, 0.25) is 0 Å². The van der Waals surface area contributed by atoms with E-state index in [2.05, 4.69) is 31.3 Å². The number of hydrazone groups is 1. The van der Waals surface area contributed by atoms with Crippen molar-refractivity contribution in [2.24, 2.45) is 21.8 Å². The van der Waals surface area contributed by atoms with Crippen LogP contribution in [0.1, 0.15) is 45.6 Å². The third-order valence-electron chi connectivity index (χ3n) is 6.19. The lowest BCUT2D eigenvalue weighted by Crippen LogP contribution is -2.35. The Balaban J connectivity index is 1.57. The van der Waals surface area contributed by atoms with Crippen molar-refractivity contribution in [2.75, 3.05) is 6.61 Å². The molecule has 0 heterocycles. The van der Waals surface area contributed by atoms with Crippen molar-refractivity contribution in [2.45, 2.75) is 47.0 Å². The van der Waals surface area contributed by atoms with Crippen molar-refractivity contribution in [3.63, 3.8) is 0 Å². The summed E-state index contributed by atoms with van der Waals surface area (Å²) in [6.45, 7) is 8.93. The van der Waals surface area contributed by atoms with Gasteiger partial charge in [-0.15, -0.1) is 0 Å². The summed E-state index contributed by atoms with van der Waals surface area (Å²) in [6, 6.07) is 7.68. The number of carbonyl (C=O) groups is 1. The highest BCUT2D eigenvalue weighted by Crippen LogP contribution is 2.63. The number of aryl methyl sites for hydroxylation is 1. The van der Waals surface area contributed by atoms with Gasteiger partial charge in [0.2, 0.25) is 0 Å². The number of rotatable bonds is 4. The van der Waals surface area contributed by atoms with Gasteiger partial charge in [0.15, 0.2) is 6.61 Å². The fourth-order valence-electron chi connectivity index (χ4n) is 4.11. The summed E-state index contributed by atoms with van der Waals surface area (Å²) in [5, 5.41) is 4.44. The minimum atomic E-state index is -0.205. The highest BCUT2D eigenvalue weighted by molar-refractivity contribution is 5.95. The Labute approximate surface area is 138 Å². The highest BCUT2D eigenvalue weighted by atomic mass is 16.5. The number of ether oxygens (including phenoxy) is 1. The zero-order valence-electron chi connectivity index (χ0n) is 14.5. The maximum absolute atomic E-state index is 12.0. The Hall–Kier alpha value is -1.84. The van der Waals surface area contributed by atoms with Crippen LogP contribution in [-0.4, -0.2) is 18.2 Å². The quantitative estimate of drug-likeness (QED) is 0.862. The van der Waals surface area contributed by atoms with Gasteiger partial charge in [-0.25, -0.2) is 5.43 Å². The molecule has 2 aliphatic carbocycles. The van der Waals surface area contributed by atoms with Gasteiger partial charge < -0.3 is 4.74 Å². The molecule has 2 fully saturated rings. The van der Waals surface area contributed by atoms with E-state index in [0.717, 1.165) is 17.7 Å². The SMILES string of the molecule is Cc1cccc(OCC(=O)N/N=C2/C[C@H]3CC[C@@]2(C)C3(C)C)c1. The van der Waals surface area contributed by atoms with Gasteiger partial charge in [0.05, 0.1) is 0 Å². The summed E-state index contributed by atoms with van der Waals surface area (Å²) in [4.78, 5) is 12.0. The maximum atomic E-state index is 12.0. The van der Waals surface area contributed by atoms with Crippen molar-refractivity contribution < 1.29 is 9.53 Å². The van der Waals surface area contributed by atoms with Crippen LogP contribution in [0.3, 0.4) is 0 Å². The van der Waals surface area contributed by atoms with Gasteiger partial charge in [-0.1, -0.05) is 32.9 Å². The van der Waals surface area contributed by atoms with Gasteiger partial charge in [-0.2, -0.15) is 5.10 Å². The molecular weight excluding hydrogens is 288 g/mol. The van der Waals surface area contributed by atoms with Crippen molar-refractivity contribution >= 4 is 11.6 Å². The molecule has 4 nitrogen and oxygen atoms in total. The standard InChI is InChI=1S/C19H26N2O2/c1-13-6-5-7-15(10-13)23-12-17(22)21-20-16-11-14-8-9-19(16,4)18(14,2)3/h5-7,10,14H,8-9,11-12H2,1-4H3,(H,21,22)/b20-16-/t14-,19-/m1/s1. The third kappa shape index (κ3) is 2.75. The van der Waals surface area contributed by atoms with E-state index in [-0.39, 0.29) is 23.3 Å². The molecule has 0 unspecified atom stereocenters. The summed E-state index contributed by atoms with van der Waals surface area (Å²) >= 11 is 0. The number of fused-ring (bicyclic) bond motifs is 2. The lowest BCUT2D eigenvalue weighted by atomic mass is 9.70. The number of nitrogens with zero attached hydrogens (tertiary/aromatic N) is 1. The van der Waals surface area contributed by atoms with E-state index in [1.165, 1.54) is 12.8 Å². The Bertz CT molecular complexity index is 651. The van der Waals surface area contributed by atoms with Crippen LogP contribution in [0.4, 0.5) is 0 Å². The largest absolute Gasteiger partial charge is 0.484 e. The first-order chi connectivity index (χ1) is 10.8. The van der Waals surface area contributed by atoms with Crippen LogP contribution >= 0.6 is 0 Å². The van der Waals surface area contributed by atoms with Crippen LogP contribution in [0, 0.1) is 23.7 Å². The minimum absolute atomic E-state index is 0.0101. The first-order valence-electron chi connectivity index (χ1n) is 8.38. The van der Waals surface area contributed by atoms with Crippen molar-refractivity contribution in [1.82, 2.24) is 5.43 Å². The predicted octanol–water partition coefficient (Wildman–Crippen LogP) is 3.69. The molecule has 0 aliphatic heterocycles. The topological polar surface area (TPSA) is 50.7 Å². The normalized spacial score (nSPS) is 29.7. The van der Waals surface area contributed by atoms with E-state index in [9.17, 15) is 4.79 Å². The molecule has 1 amide bonds. The molecule has 1 aromatic carbocycles. The molecule has 0 aromatic heterocycles. The molecule has 3 rings (SSSR count). The Morgan fingerprint density at radius 3 is 2.78 bits per heavy atom. The molecule has 1 aromatic rings. The lowest BCUT2D eigenvalue weighted by molar-refractivity contribution is -0.123. The van der Waals surface area contributed by atoms with Gasteiger partial charge in [-0.3, -0.25) is 4.79 Å². The zero-order valence-corrected chi connectivity index (χ0v) is 14.5. The van der Waals surface area contributed by atoms with Gasteiger partial charge in [-0.05, 0) is 55.2 Å². The van der Waals surface area contributed by atoms with Crippen molar-refractivity contribution in [3.8, 4) is 5.75 Å². The third-order valence-corrected chi connectivity index (χ3v) is 6.19. The summed E-state index contributed by atoms with van der Waals surface area (Å²) in [7, 11) is 0. The minimum Gasteiger partial charge on any atom is -0.484 e. The Morgan fingerprint density at radius 2 is 2.17 bits per heavy atom. The summed E-state index contributed by atoms with van der Waals surface area (Å²) in [5.41, 5.74) is 5.32. The molecule has 0 saturated heterocycles. The average Bonchev–Trinajstić information content (AvgIpc) is 2.84. The molecule has 0 radical (unpaired) electrons. The molecule has 0 spiro atoms. The molecule has 2 saturated carbocycles. The monoisotopic (exact) mass is 314 g/mol. The van der Waals surface area contributed by atoms with Gasteiger partial charge in [0, 0.05) is 11.1 Å². The smallest absolute Gasteiger partial charge is 0.277 e. The zero-order chi connectivity index (χ0) is 16.7. The number of amides is 1. The fourth-order valence-corrected chi connectivity index (χ4v) is 4.11. The molecule has 23 heavy (non-hydrogen) atoms. The lowest BCUT2D eigenvalue weighted by Gasteiger charge is -2.34. The second-order valence-corrected chi connectivity index (χ2v) is 7.69. The van der Waals surface area contributed by atoms with E-state index in [0.29, 0.717) is 11.7 Å². The molecule has 1 N–H and O–H groups in total. The molecule has 2 aliphatic rings. The van der Waals surface area contributed by atoms with Crippen molar-refractivity contribution in [3.05, 3.63) is 29.8 Å². The second-order valence-electron chi connectivity index (χ2n) is 7.69. The van der Waals surface area contributed by atoms with E-state index in [1.807, 2.05) is 31.2 Å². The summed E-state index contributed by atoms with van der Waals surface area (Å²) < 4.78 is 5.51. The van der Waals surface area contributed by atoms with Crippen LogP contribution in [0.25, 0.3) is 0 Å². The number of carbonyl (C=O) groups excluding carboxylic acids is 1. The van der Waals surface area contributed by atoms with Crippen LogP contribution in [0.5, 0.6) is 5.75 Å². The van der Waals surface area contributed by atoms with E-state index >= 15 is 0 Å². The van der Waals surface area contributed by atoms with Gasteiger partial charge in [0.25, 0.3) is 5.91 Å². The molecule has 124 valence electrons. The van der Waals surface area contributed by atoms with Crippen LogP contribution in [0.15, 0.2) is 29.4 Å². The fraction of sp³-hybridized carbons (Fsp3) is 0.579. The van der Waals surface area contributed by atoms with E-state index in [1.54, 1.807) is 0 Å². The van der Waals surface area contributed by atoms with E-state index < -0.39 is 0 Å². The Morgan fingerprint density at radius 1 is 1.39 bits per heavy atom. The maximum Gasteiger partial charge on any atom is 0.277 e. The predicted molar refractivity (Wildman–Crippen MR) is 91.5 cm³/mol. The number of nitrogens with one attached hydrogen (secondary N) is 1. The van der Waals surface area contributed by atoms with Crippen molar-refractivity contribution in [1.29, 1.82) is 0 Å². The van der Waals surface area contributed by atoms with E-state index in [4.69, 9.17) is 4.74 Å². The Kier molecular flexibility index (Phi) is 3.95. The highest BCUT2D eigenvalue weighted by Gasteiger charge is 2.59.